The second kappa shape index (κ2) is 4.32. The summed E-state index contributed by atoms with van der Waals surface area (Å²) >= 11 is 0. The molecule has 0 radical (unpaired) electrons. The van der Waals surface area contributed by atoms with Crippen molar-refractivity contribution in [1.29, 1.82) is 0 Å². The Bertz CT molecular complexity index is 494. The van der Waals surface area contributed by atoms with Crippen molar-refractivity contribution in [2.45, 2.75) is 70.2 Å². The molecule has 1 aromatic heterocycles. The van der Waals surface area contributed by atoms with Crippen LogP contribution in [0.3, 0.4) is 0 Å². The Morgan fingerprint density at radius 3 is 2.95 bits per heavy atom. The average molecular weight is 261 g/mol. The van der Waals surface area contributed by atoms with E-state index in [0.29, 0.717) is 24.2 Å². The zero-order chi connectivity index (χ0) is 13.0. The first-order valence-electron chi connectivity index (χ1n) is 7.70. The van der Waals surface area contributed by atoms with Crippen LogP contribution in [0.25, 0.3) is 0 Å². The van der Waals surface area contributed by atoms with Gasteiger partial charge in [0.15, 0.2) is 0 Å². The Morgan fingerprint density at radius 1 is 1.37 bits per heavy atom. The van der Waals surface area contributed by atoms with Crippen molar-refractivity contribution < 1.29 is 4.74 Å². The summed E-state index contributed by atoms with van der Waals surface area (Å²) in [5.41, 5.74) is 2.75. The van der Waals surface area contributed by atoms with E-state index in [4.69, 9.17) is 9.72 Å². The van der Waals surface area contributed by atoms with Crippen LogP contribution in [-0.4, -0.2) is 28.3 Å². The van der Waals surface area contributed by atoms with Crippen molar-refractivity contribution in [3.8, 4) is 0 Å². The summed E-state index contributed by atoms with van der Waals surface area (Å²) in [6.45, 7) is 6.53. The highest BCUT2D eigenvalue weighted by atomic mass is 16.5. The SMILES string of the molecule is CC(C)c1nc2c(n1C1CC3CCC1O3)CCNC2. The van der Waals surface area contributed by atoms with E-state index < -0.39 is 0 Å². The first-order valence-corrected chi connectivity index (χ1v) is 7.70. The molecule has 4 heteroatoms. The third-order valence-electron chi connectivity index (χ3n) is 4.87. The number of aromatic nitrogens is 2. The lowest BCUT2D eigenvalue weighted by Gasteiger charge is -2.26. The van der Waals surface area contributed by atoms with Crippen LogP contribution >= 0.6 is 0 Å². The maximum absolute atomic E-state index is 6.07. The van der Waals surface area contributed by atoms with Crippen LogP contribution in [0.15, 0.2) is 0 Å². The fourth-order valence-electron chi connectivity index (χ4n) is 4.01. The normalized spacial score (nSPS) is 33.1. The van der Waals surface area contributed by atoms with Gasteiger partial charge in [0.25, 0.3) is 0 Å². The van der Waals surface area contributed by atoms with Crippen molar-refractivity contribution in [2.24, 2.45) is 0 Å². The Balaban J connectivity index is 1.78. The number of fused-ring (bicyclic) bond motifs is 3. The van der Waals surface area contributed by atoms with Gasteiger partial charge in [-0.25, -0.2) is 4.98 Å². The van der Waals surface area contributed by atoms with E-state index in [1.165, 1.54) is 36.5 Å². The molecule has 0 spiro atoms. The van der Waals surface area contributed by atoms with Crippen molar-refractivity contribution >= 4 is 0 Å². The quantitative estimate of drug-likeness (QED) is 0.886. The van der Waals surface area contributed by atoms with Crippen LogP contribution in [0, 0.1) is 0 Å². The van der Waals surface area contributed by atoms with Gasteiger partial charge in [-0.3, -0.25) is 0 Å². The lowest BCUT2D eigenvalue weighted by molar-refractivity contribution is 0.0929. The molecule has 1 N–H and O–H groups in total. The van der Waals surface area contributed by atoms with Gasteiger partial charge in [0.1, 0.15) is 5.82 Å². The zero-order valence-electron chi connectivity index (χ0n) is 11.9. The maximum Gasteiger partial charge on any atom is 0.112 e. The molecule has 4 nitrogen and oxygen atoms in total. The van der Waals surface area contributed by atoms with E-state index in [9.17, 15) is 0 Å². The first kappa shape index (κ1) is 11.9. The highest BCUT2D eigenvalue weighted by Crippen LogP contribution is 2.44. The Morgan fingerprint density at radius 2 is 2.26 bits per heavy atom. The summed E-state index contributed by atoms with van der Waals surface area (Å²) in [4.78, 5) is 4.92. The minimum atomic E-state index is 0.440. The van der Waals surface area contributed by atoms with Gasteiger partial charge < -0.3 is 14.6 Å². The lowest BCUT2D eigenvalue weighted by atomic mass is 9.94. The van der Waals surface area contributed by atoms with Crippen LogP contribution in [0.2, 0.25) is 0 Å². The summed E-state index contributed by atoms with van der Waals surface area (Å²) in [6.07, 6.45) is 5.75. The molecule has 3 unspecified atom stereocenters. The van der Waals surface area contributed by atoms with Crippen molar-refractivity contribution in [3.63, 3.8) is 0 Å². The second-order valence-electron chi connectivity index (χ2n) is 6.49. The molecule has 4 rings (SSSR count). The van der Waals surface area contributed by atoms with Gasteiger partial charge in [0.2, 0.25) is 0 Å². The van der Waals surface area contributed by atoms with Crippen LogP contribution in [0.5, 0.6) is 0 Å². The largest absolute Gasteiger partial charge is 0.373 e. The Hall–Kier alpha value is -0.870. The molecule has 0 saturated carbocycles. The molecule has 4 heterocycles. The van der Waals surface area contributed by atoms with E-state index in [1.54, 1.807) is 0 Å². The standard InChI is InChI=1S/C15H23N3O/c1-9(2)15-17-11-8-16-6-5-12(11)18(15)13-7-10-3-4-14(13)19-10/h9-10,13-14,16H,3-8H2,1-2H3. The third-order valence-corrected chi connectivity index (χ3v) is 4.87. The molecule has 0 amide bonds. The van der Waals surface area contributed by atoms with Crippen molar-refractivity contribution in [2.75, 3.05) is 6.54 Å². The molecule has 2 bridgehead atoms. The molecule has 0 aliphatic carbocycles. The van der Waals surface area contributed by atoms with E-state index in [2.05, 4.69) is 23.7 Å². The van der Waals surface area contributed by atoms with Gasteiger partial charge in [-0.15, -0.1) is 0 Å². The van der Waals surface area contributed by atoms with E-state index >= 15 is 0 Å². The van der Waals surface area contributed by atoms with Gasteiger partial charge in [-0.1, -0.05) is 13.8 Å². The van der Waals surface area contributed by atoms with Crippen molar-refractivity contribution in [1.82, 2.24) is 14.9 Å². The van der Waals surface area contributed by atoms with Gasteiger partial charge in [0.05, 0.1) is 23.9 Å². The fraction of sp³-hybridized carbons (Fsp3) is 0.800. The van der Waals surface area contributed by atoms with Gasteiger partial charge in [0, 0.05) is 31.1 Å². The highest BCUT2D eigenvalue weighted by molar-refractivity contribution is 5.24. The number of hydrogen-bond donors (Lipinski definition) is 1. The van der Waals surface area contributed by atoms with Crippen LogP contribution in [-0.2, 0) is 17.7 Å². The smallest absolute Gasteiger partial charge is 0.112 e. The monoisotopic (exact) mass is 261 g/mol. The van der Waals surface area contributed by atoms with Gasteiger partial charge in [-0.2, -0.15) is 0 Å². The van der Waals surface area contributed by atoms with Gasteiger partial charge >= 0.3 is 0 Å². The number of nitrogens with one attached hydrogen (secondary N) is 1. The molecule has 19 heavy (non-hydrogen) atoms. The predicted octanol–water partition coefficient (Wildman–Crippen LogP) is 2.14. The topological polar surface area (TPSA) is 39.1 Å². The molecular formula is C15H23N3O. The molecular weight excluding hydrogens is 238 g/mol. The Labute approximate surface area is 114 Å². The third kappa shape index (κ3) is 1.77. The summed E-state index contributed by atoms with van der Waals surface area (Å²) < 4.78 is 8.63. The first-order chi connectivity index (χ1) is 9.24. The van der Waals surface area contributed by atoms with Crippen molar-refractivity contribution in [3.05, 3.63) is 17.2 Å². The highest BCUT2D eigenvalue weighted by Gasteiger charge is 2.43. The van der Waals surface area contributed by atoms with Crippen LogP contribution in [0.1, 0.15) is 62.3 Å². The number of nitrogens with zero attached hydrogens (tertiary/aromatic N) is 2. The summed E-state index contributed by atoms with van der Waals surface area (Å²) in [5, 5.41) is 3.44. The molecule has 3 atom stereocenters. The number of imidazole rings is 1. The molecule has 104 valence electrons. The number of rotatable bonds is 2. The van der Waals surface area contributed by atoms with E-state index in [1.807, 2.05) is 0 Å². The molecule has 2 saturated heterocycles. The second-order valence-corrected chi connectivity index (χ2v) is 6.49. The Kier molecular flexibility index (Phi) is 2.71. The van der Waals surface area contributed by atoms with Crippen LogP contribution < -0.4 is 5.32 Å². The van der Waals surface area contributed by atoms with E-state index in [0.717, 1.165) is 19.5 Å². The van der Waals surface area contributed by atoms with Crippen LogP contribution in [0.4, 0.5) is 0 Å². The minimum Gasteiger partial charge on any atom is -0.373 e. The summed E-state index contributed by atoms with van der Waals surface area (Å²) in [5.74, 6) is 1.76. The molecule has 2 fully saturated rings. The number of hydrogen-bond acceptors (Lipinski definition) is 3. The summed E-state index contributed by atoms with van der Waals surface area (Å²) in [7, 11) is 0. The van der Waals surface area contributed by atoms with E-state index in [-0.39, 0.29) is 0 Å². The number of ether oxygens (including phenoxy) is 1. The molecule has 1 aromatic rings. The molecule has 3 aliphatic heterocycles. The predicted molar refractivity (Wildman–Crippen MR) is 73.3 cm³/mol. The zero-order valence-corrected chi connectivity index (χ0v) is 11.9. The van der Waals surface area contributed by atoms with Gasteiger partial charge in [-0.05, 0) is 19.3 Å². The average Bonchev–Trinajstić information content (AvgIpc) is 3.10. The lowest BCUT2D eigenvalue weighted by Crippen LogP contribution is -2.29. The maximum atomic E-state index is 6.07. The minimum absolute atomic E-state index is 0.440. The molecule has 3 aliphatic rings. The summed E-state index contributed by atoms with van der Waals surface area (Å²) in [6, 6.07) is 0.547. The molecule has 0 aromatic carbocycles. The fourth-order valence-corrected chi connectivity index (χ4v) is 4.01.